The van der Waals surface area contributed by atoms with E-state index in [9.17, 15) is 9.59 Å². The lowest BCUT2D eigenvalue weighted by Gasteiger charge is -2.35. The van der Waals surface area contributed by atoms with Gasteiger partial charge in [0.25, 0.3) is 5.56 Å². The lowest BCUT2D eigenvalue weighted by atomic mass is 9.88. The summed E-state index contributed by atoms with van der Waals surface area (Å²) >= 11 is 7.60. The summed E-state index contributed by atoms with van der Waals surface area (Å²) in [6.45, 7) is 2.12. The summed E-state index contributed by atoms with van der Waals surface area (Å²) in [5.74, 6) is 0. The zero-order valence-corrected chi connectivity index (χ0v) is 12.9. The van der Waals surface area contributed by atoms with Crippen LogP contribution in [-0.4, -0.2) is 20.6 Å². The molecule has 0 radical (unpaired) electrons. The van der Waals surface area contributed by atoms with Crippen LogP contribution in [0, 0.1) is 6.92 Å². The van der Waals surface area contributed by atoms with Crippen LogP contribution in [-0.2, 0) is 6.54 Å². The summed E-state index contributed by atoms with van der Waals surface area (Å²) in [4.78, 5) is 26.7. The molecule has 4 nitrogen and oxygen atoms in total. The van der Waals surface area contributed by atoms with Crippen molar-refractivity contribution in [3.8, 4) is 0 Å². The smallest absolute Gasteiger partial charge is 0.297 e. The van der Waals surface area contributed by atoms with Gasteiger partial charge in [0.15, 0.2) is 0 Å². The van der Waals surface area contributed by atoms with Gasteiger partial charge in [-0.1, -0.05) is 30.9 Å². The molecule has 1 saturated carbocycles. The Morgan fingerprint density at radius 2 is 1.95 bits per heavy atom. The van der Waals surface area contributed by atoms with Gasteiger partial charge in [-0.15, -0.1) is 0 Å². The van der Waals surface area contributed by atoms with Gasteiger partial charge in [-0.3, -0.25) is 14.3 Å². The molecule has 0 amide bonds. The van der Waals surface area contributed by atoms with E-state index < -0.39 is 5.69 Å². The summed E-state index contributed by atoms with van der Waals surface area (Å²) in [6, 6.07) is 0. The van der Waals surface area contributed by atoms with E-state index in [0.29, 0.717) is 12.1 Å². The Labute approximate surface area is 121 Å². The highest BCUT2D eigenvalue weighted by atomic mass is 35.5. The van der Waals surface area contributed by atoms with Crippen LogP contribution in [0.2, 0.25) is 5.15 Å². The Bertz CT molecular complexity index is 573. The van der Waals surface area contributed by atoms with E-state index >= 15 is 0 Å². The average molecular weight is 303 g/mol. The molecule has 0 bridgehead atoms. The lowest BCUT2D eigenvalue weighted by molar-refractivity contribution is 0.349. The van der Waals surface area contributed by atoms with Crippen LogP contribution >= 0.6 is 23.4 Å². The second-order valence-corrected chi connectivity index (χ2v) is 6.86. The van der Waals surface area contributed by atoms with Crippen molar-refractivity contribution >= 4 is 23.4 Å². The Morgan fingerprint density at radius 1 is 1.32 bits per heavy atom. The van der Waals surface area contributed by atoms with Gasteiger partial charge in [-0.2, -0.15) is 11.8 Å². The molecule has 0 aromatic carbocycles. The third kappa shape index (κ3) is 2.92. The van der Waals surface area contributed by atoms with Crippen LogP contribution in [0.5, 0.6) is 0 Å². The number of nitrogens with one attached hydrogen (secondary N) is 1. The highest BCUT2D eigenvalue weighted by Crippen LogP contribution is 2.39. The Balaban J connectivity index is 2.40. The van der Waals surface area contributed by atoms with Crippen molar-refractivity contribution in [2.45, 2.75) is 50.3 Å². The molecule has 1 heterocycles. The standard InChI is InChI=1S/C13H19ClN2O2S/c1-9-10(14)15-12(18)16(11(9)17)8-13(19-2)6-4-3-5-7-13/h3-8H2,1-2H3,(H,15,18). The summed E-state index contributed by atoms with van der Waals surface area (Å²) in [6.07, 6.45) is 7.75. The van der Waals surface area contributed by atoms with Gasteiger partial charge in [-0.05, 0) is 26.0 Å². The monoisotopic (exact) mass is 302 g/mol. The van der Waals surface area contributed by atoms with Crippen molar-refractivity contribution in [1.82, 2.24) is 9.55 Å². The fourth-order valence-electron chi connectivity index (χ4n) is 2.70. The second kappa shape index (κ2) is 5.75. The molecule has 1 aromatic rings. The zero-order chi connectivity index (χ0) is 14.0. The lowest BCUT2D eigenvalue weighted by Crippen LogP contribution is -2.44. The first kappa shape index (κ1) is 14.7. The molecule has 1 fully saturated rings. The molecule has 1 aliphatic carbocycles. The van der Waals surface area contributed by atoms with Crippen molar-refractivity contribution in [2.75, 3.05) is 6.26 Å². The predicted octanol–water partition coefficient (Wildman–Crippen LogP) is 2.56. The molecule has 0 atom stereocenters. The highest BCUT2D eigenvalue weighted by molar-refractivity contribution is 8.00. The quantitative estimate of drug-likeness (QED) is 0.873. The fourth-order valence-corrected chi connectivity index (χ4v) is 3.82. The maximum atomic E-state index is 12.2. The van der Waals surface area contributed by atoms with Gasteiger partial charge >= 0.3 is 5.69 Å². The van der Waals surface area contributed by atoms with Crippen LogP contribution in [0.4, 0.5) is 0 Å². The highest BCUT2D eigenvalue weighted by Gasteiger charge is 2.32. The number of hydrogen-bond donors (Lipinski definition) is 1. The number of hydrogen-bond acceptors (Lipinski definition) is 3. The minimum Gasteiger partial charge on any atom is -0.297 e. The SMILES string of the molecule is CSC1(Cn2c(=O)[nH]c(Cl)c(C)c2=O)CCCCC1. The minimum absolute atomic E-state index is 0.00927. The minimum atomic E-state index is -0.403. The fraction of sp³-hybridized carbons (Fsp3) is 0.692. The van der Waals surface area contributed by atoms with E-state index in [1.165, 1.54) is 23.8 Å². The first-order valence-electron chi connectivity index (χ1n) is 6.53. The molecule has 0 spiro atoms. The predicted molar refractivity (Wildman–Crippen MR) is 80.4 cm³/mol. The van der Waals surface area contributed by atoms with Crippen LogP contribution in [0.1, 0.15) is 37.7 Å². The molecule has 1 aliphatic rings. The maximum Gasteiger partial charge on any atom is 0.329 e. The van der Waals surface area contributed by atoms with Crippen LogP contribution in [0.3, 0.4) is 0 Å². The van der Waals surface area contributed by atoms with Gasteiger partial charge in [-0.25, -0.2) is 4.79 Å². The molecule has 106 valence electrons. The van der Waals surface area contributed by atoms with Crippen molar-refractivity contribution in [1.29, 1.82) is 0 Å². The van der Waals surface area contributed by atoms with E-state index in [1.54, 1.807) is 18.7 Å². The van der Waals surface area contributed by atoms with E-state index in [0.717, 1.165) is 12.8 Å². The number of rotatable bonds is 3. The largest absolute Gasteiger partial charge is 0.329 e. The molecule has 19 heavy (non-hydrogen) atoms. The van der Waals surface area contributed by atoms with Crippen molar-refractivity contribution in [3.63, 3.8) is 0 Å². The van der Waals surface area contributed by atoms with Gasteiger partial charge in [0.05, 0.1) is 0 Å². The number of aromatic amines is 1. The number of halogens is 1. The molecular formula is C13H19ClN2O2S. The Morgan fingerprint density at radius 3 is 2.53 bits per heavy atom. The van der Waals surface area contributed by atoms with Gasteiger partial charge in [0, 0.05) is 16.9 Å². The van der Waals surface area contributed by atoms with E-state index in [-0.39, 0.29) is 15.5 Å². The molecule has 0 unspecified atom stereocenters. The summed E-state index contributed by atoms with van der Waals surface area (Å²) in [5, 5.41) is 0.146. The van der Waals surface area contributed by atoms with E-state index in [1.807, 2.05) is 0 Å². The average Bonchev–Trinajstić information content (AvgIpc) is 2.42. The van der Waals surface area contributed by atoms with Gasteiger partial charge in [0.2, 0.25) is 0 Å². The zero-order valence-electron chi connectivity index (χ0n) is 11.3. The number of thioether (sulfide) groups is 1. The van der Waals surface area contributed by atoms with Gasteiger partial charge < -0.3 is 0 Å². The molecular weight excluding hydrogens is 284 g/mol. The number of nitrogens with zero attached hydrogens (tertiary/aromatic N) is 1. The first-order valence-corrected chi connectivity index (χ1v) is 8.14. The number of aromatic nitrogens is 2. The second-order valence-electron chi connectivity index (χ2n) is 5.21. The topological polar surface area (TPSA) is 54.9 Å². The van der Waals surface area contributed by atoms with Crippen LogP contribution in [0.15, 0.2) is 9.59 Å². The third-order valence-corrected chi connectivity index (χ3v) is 5.78. The number of H-pyrrole nitrogens is 1. The first-order chi connectivity index (χ1) is 8.99. The molecule has 0 aliphatic heterocycles. The summed E-state index contributed by atoms with van der Waals surface area (Å²) in [7, 11) is 0. The Hall–Kier alpha value is -0.680. The van der Waals surface area contributed by atoms with E-state index in [2.05, 4.69) is 11.2 Å². The van der Waals surface area contributed by atoms with Gasteiger partial charge in [0.1, 0.15) is 5.15 Å². The molecule has 2 rings (SSSR count). The molecule has 1 N–H and O–H groups in total. The van der Waals surface area contributed by atoms with Crippen LogP contribution in [0.25, 0.3) is 0 Å². The van der Waals surface area contributed by atoms with Crippen LogP contribution < -0.4 is 11.2 Å². The summed E-state index contributed by atoms with van der Waals surface area (Å²) < 4.78 is 1.32. The van der Waals surface area contributed by atoms with Crippen molar-refractivity contribution < 1.29 is 0 Å². The van der Waals surface area contributed by atoms with Crippen molar-refractivity contribution in [3.05, 3.63) is 31.6 Å². The molecule has 1 aromatic heterocycles. The molecule has 6 heteroatoms. The normalized spacial score (nSPS) is 18.5. The molecule has 0 saturated heterocycles. The maximum absolute atomic E-state index is 12.2. The Kier molecular flexibility index (Phi) is 4.46. The third-order valence-electron chi connectivity index (χ3n) is 4.00. The summed E-state index contributed by atoms with van der Waals surface area (Å²) in [5.41, 5.74) is -0.263. The van der Waals surface area contributed by atoms with Crippen molar-refractivity contribution in [2.24, 2.45) is 0 Å². The van der Waals surface area contributed by atoms with E-state index in [4.69, 9.17) is 11.6 Å².